The third kappa shape index (κ3) is 5.35. The maximum Gasteiger partial charge on any atom is 0.234 e. The number of nitrogens with one attached hydrogen (secondary N) is 1. The Morgan fingerprint density at radius 1 is 1.09 bits per heavy atom. The molecule has 0 bridgehead atoms. The highest BCUT2D eigenvalue weighted by Crippen LogP contribution is 2.28. The van der Waals surface area contributed by atoms with Gasteiger partial charge in [-0.1, -0.05) is 49.1 Å². The van der Waals surface area contributed by atoms with Gasteiger partial charge in [-0.3, -0.25) is 9.69 Å². The molecule has 1 N–H and O–H groups in total. The van der Waals surface area contributed by atoms with Crippen molar-refractivity contribution in [3.05, 3.63) is 35.4 Å². The molecule has 1 amide bonds. The predicted octanol–water partition coefficient (Wildman–Crippen LogP) is 3.66. The van der Waals surface area contributed by atoms with Crippen LogP contribution in [-0.4, -0.2) is 29.9 Å². The molecule has 126 valence electrons. The summed E-state index contributed by atoms with van der Waals surface area (Å²) in [5, 5.41) is 3.18. The Morgan fingerprint density at radius 3 is 2.43 bits per heavy atom. The zero-order valence-corrected chi connectivity index (χ0v) is 14.4. The summed E-state index contributed by atoms with van der Waals surface area (Å²) in [4.78, 5) is 14.7. The Morgan fingerprint density at radius 2 is 1.78 bits per heavy atom. The summed E-state index contributed by atoms with van der Waals surface area (Å²) in [5.74, 6) is 0.911. The third-order valence-corrected chi connectivity index (χ3v) is 5.23. The van der Waals surface area contributed by atoms with E-state index in [1.54, 1.807) is 0 Å². The van der Waals surface area contributed by atoms with E-state index in [9.17, 15) is 4.79 Å². The minimum atomic E-state index is 0.203. The largest absolute Gasteiger partial charge is 0.355 e. The van der Waals surface area contributed by atoms with Crippen molar-refractivity contribution < 1.29 is 4.79 Å². The van der Waals surface area contributed by atoms with Crippen molar-refractivity contribution in [3.8, 4) is 0 Å². The fraction of sp³-hybridized carbons (Fsp3) is 0.650. The summed E-state index contributed by atoms with van der Waals surface area (Å²) < 4.78 is 0. The van der Waals surface area contributed by atoms with Gasteiger partial charge in [0.25, 0.3) is 0 Å². The standard InChI is InChI=1S/C20H30N2O/c1-16-7-9-18(10-8-16)14-22(19-11-12-19)15-20(23)21-13-17-5-3-2-4-6-17/h7-10,17,19H,2-6,11-15H2,1H3,(H,21,23). The molecule has 0 heterocycles. The van der Waals surface area contributed by atoms with Crippen LogP contribution in [-0.2, 0) is 11.3 Å². The maximum atomic E-state index is 12.3. The zero-order chi connectivity index (χ0) is 16.1. The molecule has 0 spiro atoms. The van der Waals surface area contributed by atoms with Gasteiger partial charge < -0.3 is 5.32 Å². The van der Waals surface area contributed by atoms with Crippen LogP contribution in [0.1, 0.15) is 56.1 Å². The molecule has 0 unspecified atom stereocenters. The fourth-order valence-corrected chi connectivity index (χ4v) is 3.57. The van der Waals surface area contributed by atoms with Crippen LogP contribution in [0.15, 0.2) is 24.3 Å². The average molecular weight is 314 g/mol. The summed E-state index contributed by atoms with van der Waals surface area (Å²) in [6.45, 7) is 4.43. The second kappa shape index (κ2) is 7.96. The first kappa shape index (κ1) is 16.5. The summed E-state index contributed by atoms with van der Waals surface area (Å²) in [6.07, 6.45) is 9.09. The number of rotatable bonds is 7. The highest BCUT2D eigenvalue weighted by atomic mass is 16.2. The zero-order valence-electron chi connectivity index (χ0n) is 14.4. The minimum absolute atomic E-state index is 0.203. The van der Waals surface area contributed by atoms with E-state index in [1.165, 1.54) is 56.1 Å². The molecule has 3 heteroatoms. The summed E-state index contributed by atoms with van der Waals surface area (Å²) in [6, 6.07) is 9.29. The number of hydrogen-bond acceptors (Lipinski definition) is 2. The Labute approximate surface area is 140 Å². The summed E-state index contributed by atoms with van der Waals surface area (Å²) >= 11 is 0. The van der Waals surface area contributed by atoms with Crippen molar-refractivity contribution >= 4 is 5.91 Å². The van der Waals surface area contributed by atoms with E-state index in [1.807, 2.05) is 0 Å². The number of aryl methyl sites for hydroxylation is 1. The van der Waals surface area contributed by atoms with Crippen LogP contribution < -0.4 is 5.32 Å². The predicted molar refractivity (Wildman–Crippen MR) is 94.2 cm³/mol. The van der Waals surface area contributed by atoms with Crippen LogP contribution in [0.5, 0.6) is 0 Å². The van der Waals surface area contributed by atoms with E-state index < -0.39 is 0 Å². The van der Waals surface area contributed by atoms with Crippen molar-refractivity contribution in [2.24, 2.45) is 5.92 Å². The highest BCUT2D eigenvalue weighted by molar-refractivity contribution is 5.78. The van der Waals surface area contributed by atoms with Crippen LogP contribution in [0.25, 0.3) is 0 Å². The van der Waals surface area contributed by atoms with E-state index in [-0.39, 0.29) is 5.91 Å². The van der Waals surface area contributed by atoms with Gasteiger partial charge in [-0.05, 0) is 44.1 Å². The molecule has 2 saturated carbocycles. The molecular formula is C20H30N2O. The molecule has 0 aromatic heterocycles. The number of nitrogens with zero attached hydrogens (tertiary/aromatic N) is 1. The molecule has 2 fully saturated rings. The Balaban J connectivity index is 1.46. The second-order valence-electron chi connectivity index (χ2n) is 7.43. The van der Waals surface area contributed by atoms with Gasteiger partial charge in [0.2, 0.25) is 5.91 Å². The van der Waals surface area contributed by atoms with Gasteiger partial charge in [-0.25, -0.2) is 0 Å². The van der Waals surface area contributed by atoms with Crippen molar-refractivity contribution in [2.45, 2.75) is 64.5 Å². The molecule has 0 saturated heterocycles. The van der Waals surface area contributed by atoms with E-state index in [4.69, 9.17) is 0 Å². The van der Waals surface area contributed by atoms with E-state index in [0.29, 0.717) is 18.5 Å². The lowest BCUT2D eigenvalue weighted by molar-refractivity contribution is -0.122. The van der Waals surface area contributed by atoms with Gasteiger partial charge >= 0.3 is 0 Å². The molecule has 0 radical (unpaired) electrons. The number of carbonyl (C=O) groups is 1. The molecule has 2 aliphatic rings. The molecule has 0 atom stereocenters. The molecular weight excluding hydrogens is 284 g/mol. The smallest absolute Gasteiger partial charge is 0.234 e. The monoisotopic (exact) mass is 314 g/mol. The SMILES string of the molecule is Cc1ccc(CN(CC(=O)NCC2CCCCC2)C2CC2)cc1. The first-order valence-corrected chi connectivity index (χ1v) is 9.27. The third-order valence-electron chi connectivity index (χ3n) is 5.23. The molecule has 23 heavy (non-hydrogen) atoms. The van der Waals surface area contributed by atoms with Gasteiger partial charge in [0.1, 0.15) is 0 Å². The van der Waals surface area contributed by atoms with Gasteiger partial charge in [0.05, 0.1) is 6.54 Å². The first-order chi connectivity index (χ1) is 11.2. The number of benzene rings is 1. The van der Waals surface area contributed by atoms with Crippen molar-refractivity contribution in [1.29, 1.82) is 0 Å². The number of hydrogen-bond donors (Lipinski definition) is 1. The van der Waals surface area contributed by atoms with E-state index in [2.05, 4.69) is 41.4 Å². The minimum Gasteiger partial charge on any atom is -0.355 e. The van der Waals surface area contributed by atoms with Crippen molar-refractivity contribution in [3.63, 3.8) is 0 Å². The van der Waals surface area contributed by atoms with Gasteiger partial charge in [0.15, 0.2) is 0 Å². The maximum absolute atomic E-state index is 12.3. The lowest BCUT2D eigenvalue weighted by Crippen LogP contribution is -2.40. The van der Waals surface area contributed by atoms with Crippen LogP contribution in [0.3, 0.4) is 0 Å². The Kier molecular flexibility index (Phi) is 5.71. The highest BCUT2D eigenvalue weighted by Gasteiger charge is 2.30. The molecule has 1 aromatic rings. The average Bonchev–Trinajstić information content (AvgIpc) is 3.40. The lowest BCUT2D eigenvalue weighted by atomic mass is 9.89. The molecule has 3 rings (SSSR count). The Hall–Kier alpha value is -1.35. The van der Waals surface area contributed by atoms with Crippen LogP contribution >= 0.6 is 0 Å². The molecule has 2 aliphatic carbocycles. The number of carbonyl (C=O) groups excluding carboxylic acids is 1. The van der Waals surface area contributed by atoms with Crippen molar-refractivity contribution in [1.82, 2.24) is 10.2 Å². The van der Waals surface area contributed by atoms with Crippen molar-refractivity contribution in [2.75, 3.05) is 13.1 Å². The lowest BCUT2D eigenvalue weighted by Gasteiger charge is -2.24. The number of amides is 1. The van der Waals surface area contributed by atoms with Gasteiger partial charge in [-0.2, -0.15) is 0 Å². The van der Waals surface area contributed by atoms with E-state index in [0.717, 1.165) is 13.1 Å². The topological polar surface area (TPSA) is 32.3 Å². The fourth-order valence-electron chi connectivity index (χ4n) is 3.57. The molecule has 3 nitrogen and oxygen atoms in total. The first-order valence-electron chi connectivity index (χ1n) is 9.27. The normalized spacial score (nSPS) is 19.0. The van der Waals surface area contributed by atoms with Crippen LogP contribution in [0.4, 0.5) is 0 Å². The quantitative estimate of drug-likeness (QED) is 0.833. The summed E-state index contributed by atoms with van der Waals surface area (Å²) in [7, 11) is 0. The molecule has 1 aromatic carbocycles. The van der Waals surface area contributed by atoms with Crippen LogP contribution in [0.2, 0.25) is 0 Å². The van der Waals surface area contributed by atoms with Gasteiger partial charge in [-0.15, -0.1) is 0 Å². The molecule has 0 aliphatic heterocycles. The van der Waals surface area contributed by atoms with E-state index >= 15 is 0 Å². The summed E-state index contributed by atoms with van der Waals surface area (Å²) in [5.41, 5.74) is 2.60. The van der Waals surface area contributed by atoms with Gasteiger partial charge in [0, 0.05) is 19.1 Å². The van der Waals surface area contributed by atoms with Crippen LogP contribution in [0, 0.1) is 12.8 Å². The second-order valence-corrected chi connectivity index (χ2v) is 7.43. The Bertz CT molecular complexity index is 501.